The molecule has 2 heteroatoms. The van der Waals surface area contributed by atoms with Crippen LogP contribution in [0.25, 0.3) is 0 Å². The minimum Gasteiger partial charge on any atom is -0.398 e. The molecule has 0 aliphatic rings. The third kappa shape index (κ3) is 3.45. The van der Waals surface area contributed by atoms with Crippen LogP contribution >= 0.6 is 11.8 Å². The second-order valence-corrected chi connectivity index (χ2v) is 5.04. The van der Waals surface area contributed by atoms with E-state index >= 15 is 0 Å². The maximum atomic E-state index is 6.03. The second-order valence-electron chi connectivity index (χ2n) is 3.98. The number of anilines is 1. The number of nitrogen functional groups attached to an aromatic ring is 1. The van der Waals surface area contributed by atoms with E-state index in [0.29, 0.717) is 0 Å². The van der Waals surface area contributed by atoms with E-state index in [0.717, 1.165) is 11.6 Å². The lowest BCUT2D eigenvalue weighted by molar-refractivity contribution is 0.554. The normalized spacial score (nSPS) is 10.9. The Hall–Kier alpha value is -0.630. The van der Waals surface area contributed by atoms with Gasteiger partial charge in [-0.3, -0.25) is 0 Å². The van der Waals surface area contributed by atoms with Crippen LogP contribution < -0.4 is 5.73 Å². The Balaban J connectivity index is 2.61. The van der Waals surface area contributed by atoms with Gasteiger partial charge >= 0.3 is 0 Å². The van der Waals surface area contributed by atoms with Crippen LogP contribution in [-0.2, 0) is 0 Å². The van der Waals surface area contributed by atoms with Crippen LogP contribution in [-0.4, -0.2) is 5.75 Å². The van der Waals surface area contributed by atoms with Crippen LogP contribution in [0.4, 0.5) is 5.69 Å². The predicted molar refractivity (Wildman–Crippen MR) is 70.4 cm³/mol. The Morgan fingerprint density at radius 3 is 2.53 bits per heavy atom. The summed E-state index contributed by atoms with van der Waals surface area (Å²) in [7, 11) is 0. The Morgan fingerprint density at radius 1 is 1.27 bits per heavy atom. The first-order valence-corrected chi connectivity index (χ1v) is 6.65. The van der Waals surface area contributed by atoms with E-state index in [2.05, 4.69) is 39.0 Å². The van der Waals surface area contributed by atoms with Gasteiger partial charge in [-0.2, -0.15) is 0 Å². The van der Waals surface area contributed by atoms with Crippen molar-refractivity contribution in [2.45, 2.75) is 38.5 Å². The molecule has 0 fully saturated rings. The number of hydrogen-bond donors (Lipinski definition) is 1. The second kappa shape index (κ2) is 6.06. The highest BCUT2D eigenvalue weighted by Gasteiger charge is 2.07. The van der Waals surface area contributed by atoms with Gasteiger partial charge in [0.25, 0.3) is 0 Å². The summed E-state index contributed by atoms with van der Waals surface area (Å²) in [6, 6.07) is 6.27. The lowest BCUT2D eigenvalue weighted by atomic mass is 10.1. The molecule has 0 radical (unpaired) electrons. The summed E-state index contributed by atoms with van der Waals surface area (Å²) in [5.41, 5.74) is 8.17. The highest BCUT2D eigenvalue weighted by molar-refractivity contribution is 7.99. The monoisotopic (exact) mass is 223 g/mol. The van der Waals surface area contributed by atoms with E-state index in [1.54, 1.807) is 0 Å². The molecule has 0 aliphatic carbocycles. The Kier molecular flexibility index (Phi) is 5.03. The molecule has 1 aromatic rings. The van der Waals surface area contributed by atoms with E-state index in [4.69, 9.17) is 5.73 Å². The SMILES string of the molecule is CCC(CC)CSc1cccc(C)c1N. The molecule has 0 amide bonds. The maximum Gasteiger partial charge on any atom is 0.0481 e. The van der Waals surface area contributed by atoms with Gasteiger partial charge in [0.15, 0.2) is 0 Å². The molecule has 1 nitrogen and oxygen atoms in total. The molecule has 0 bridgehead atoms. The minimum atomic E-state index is 0.815. The molecular weight excluding hydrogens is 202 g/mol. The van der Waals surface area contributed by atoms with Crippen LogP contribution in [0.1, 0.15) is 32.3 Å². The maximum absolute atomic E-state index is 6.03. The van der Waals surface area contributed by atoms with Crippen molar-refractivity contribution in [3.05, 3.63) is 23.8 Å². The topological polar surface area (TPSA) is 26.0 Å². The van der Waals surface area contributed by atoms with E-state index in [1.165, 1.54) is 29.1 Å². The van der Waals surface area contributed by atoms with Gasteiger partial charge in [-0.1, -0.05) is 38.8 Å². The number of thioether (sulfide) groups is 1. The highest BCUT2D eigenvalue weighted by atomic mass is 32.2. The fraction of sp³-hybridized carbons (Fsp3) is 0.538. The van der Waals surface area contributed by atoms with Crippen molar-refractivity contribution < 1.29 is 0 Å². The van der Waals surface area contributed by atoms with Crippen LogP contribution in [0.5, 0.6) is 0 Å². The smallest absolute Gasteiger partial charge is 0.0481 e. The highest BCUT2D eigenvalue weighted by Crippen LogP contribution is 2.30. The molecule has 0 saturated carbocycles. The van der Waals surface area contributed by atoms with Gasteiger partial charge < -0.3 is 5.73 Å². The molecule has 0 unspecified atom stereocenters. The first-order valence-electron chi connectivity index (χ1n) is 5.66. The molecule has 0 atom stereocenters. The number of para-hydroxylation sites is 1. The summed E-state index contributed by atoms with van der Waals surface area (Å²) in [6.45, 7) is 6.58. The zero-order chi connectivity index (χ0) is 11.3. The molecule has 15 heavy (non-hydrogen) atoms. The quantitative estimate of drug-likeness (QED) is 0.600. The van der Waals surface area contributed by atoms with E-state index in [1.807, 2.05) is 11.8 Å². The van der Waals surface area contributed by atoms with Crippen molar-refractivity contribution >= 4 is 17.4 Å². The molecular formula is C13H21NS. The number of aryl methyl sites for hydroxylation is 1. The van der Waals surface area contributed by atoms with Gasteiger partial charge in [0, 0.05) is 16.3 Å². The zero-order valence-corrected chi connectivity index (χ0v) is 10.7. The van der Waals surface area contributed by atoms with Gasteiger partial charge in [0.1, 0.15) is 0 Å². The van der Waals surface area contributed by atoms with Gasteiger partial charge in [0.05, 0.1) is 0 Å². The molecule has 2 N–H and O–H groups in total. The lowest BCUT2D eigenvalue weighted by Gasteiger charge is -2.13. The van der Waals surface area contributed by atoms with Crippen molar-refractivity contribution in [2.75, 3.05) is 11.5 Å². The Morgan fingerprint density at radius 2 is 1.93 bits per heavy atom. The largest absolute Gasteiger partial charge is 0.398 e. The van der Waals surface area contributed by atoms with Crippen LogP contribution in [0.2, 0.25) is 0 Å². The van der Waals surface area contributed by atoms with E-state index < -0.39 is 0 Å². The number of nitrogens with two attached hydrogens (primary N) is 1. The van der Waals surface area contributed by atoms with E-state index in [9.17, 15) is 0 Å². The summed E-state index contributed by atoms with van der Waals surface area (Å²) >= 11 is 1.89. The fourth-order valence-electron chi connectivity index (χ4n) is 1.51. The minimum absolute atomic E-state index is 0.815. The van der Waals surface area contributed by atoms with Crippen molar-refractivity contribution in [2.24, 2.45) is 5.92 Å². The third-order valence-electron chi connectivity index (χ3n) is 2.91. The summed E-state index contributed by atoms with van der Waals surface area (Å²) in [5, 5.41) is 0. The predicted octanol–water partition coefficient (Wildman–Crippen LogP) is 4.11. The van der Waals surface area contributed by atoms with Gasteiger partial charge in [0.2, 0.25) is 0 Å². The summed E-state index contributed by atoms with van der Waals surface area (Å²) in [5.74, 6) is 2.00. The molecule has 0 saturated heterocycles. The molecule has 0 heterocycles. The van der Waals surface area contributed by atoms with Gasteiger partial charge in [-0.25, -0.2) is 0 Å². The standard InChI is InChI=1S/C13H21NS/c1-4-11(5-2)9-15-12-8-6-7-10(3)13(12)14/h6-8,11H,4-5,9,14H2,1-3H3. The Labute approximate surface area is 97.4 Å². The summed E-state index contributed by atoms with van der Waals surface area (Å²) < 4.78 is 0. The van der Waals surface area contributed by atoms with Crippen molar-refractivity contribution in [1.82, 2.24) is 0 Å². The van der Waals surface area contributed by atoms with Crippen molar-refractivity contribution in [3.63, 3.8) is 0 Å². The average molecular weight is 223 g/mol. The molecule has 84 valence electrons. The van der Waals surface area contributed by atoms with Crippen LogP contribution in [0, 0.1) is 12.8 Å². The number of hydrogen-bond acceptors (Lipinski definition) is 2. The summed E-state index contributed by atoms with van der Waals surface area (Å²) in [4.78, 5) is 1.24. The molecule has 0 spiro atoms. The fourth-order valence-corrected chi connectivity index (χ4v) is 2.89. The van der Waals surface area contributed by atoms with Crippen LogP contribution in [0.15, 0.2) is 23.1 Å². The first kappa shape index (κ1) is 12.4. The van der Waals surface area contributed by atoms with Crippen molar-refractivity contribution in [1.29, 1.82) is 0 Å². The third-order valence-corrected chi connectivity index (χ3v) is 4.22. The molecule has 0 aliphatic heterocycles. The molecule has 1 rings (SSSR count). The van der Waals surface area contributed by atoms with Gasteiger partial charge in [-0.05, 0) is 24.5 Å². The van der Waals surface area contributed by atoms with E-state index in [-0.39, 0.29) is 0 Å². The average Bonchev–Trinajstić information content (AvgIpc) is 2.25. The molecule has 1 aromatic carbocycles. The van der Waals surface area contributed by atoms with Gasteiger partial charge in [-0.15, -0.1) is 11.8 Å². The summed E-state index contributed by atoms with van der Waals surface area (Å²) in [6.07, 6.45) is 2.52. The first-order chi connectivity index (χ1) is 7.19. The Bertz CT molecular complexity index is 305. The molecule has 0 aromatic heterocycles. The number of benzene rings is 1. The van der Waals surface area contributed by atoms with Crippen molar-refractivity contribution in [3.8, 4) is 0 Å². The van der Waals surface area contributed by atoms with Crippen LogP contribution in [0.3, 0.4) is 0 Å². The zero-order valence-electron chi connectivity index (χ0n) is 9.92. The lowest BCUT2D eigenvalue weighted by Crippen LogP contribution is -2.01. The number of rotatable bonds is 5.